The molecule has 0 atom stereocenters. The number of nitrogens with one attached hydrogen (secondary N) is 1. The lowest BCUT2D eigenvalue weighted by Crippen LogP contribution is -2.22. The van der Waals surface area contributed by atoms with Crippen molar-refractivity contribution in [1.82, 2.24) is 35.1 Å². The lowest BCUT2D eigenvalue weighted by Gasteiger charge is -2.03. The van der Waals surface area contributed by atoms with Gasteiger partial charge >= 0.3 is 0 Å². The molecule has 3 heterocycles. The molecule has 0 fully saturated rings. The van der Waals surface area contributed by atoms with E-state index >= 15 is 0 Å². The highest BCUT2D eigenvalue weighted by atomic mass is 32.2. The summed E-state index contributed by atoms with van der Waals surface area (Å²) in [6.45, 7) is 4.11. The van der Waals surface area contributed by atoms with Gasteiger partial charge < -0.3 is 5.32 Å². The minimum absolute atomic E-state index is 0.280. The van der Waals surface area contributed by atoms with Crippen LogP contribution in [0.15, 0.2) is 35.5 Å². The van der Waals surface area contributed by atoms with Gasteiger partial charge in [0.1, 0.15) is 16.6 Å². The van der Waals surface area contributed by atoms with E-state index in [-0.39, 0.29) is 16.7 Å². The van der Waals surface area contributed by atoms with Crippen LogP contribution in [0.1, 0.15) is 31.9 Å². The Kier molecular flexibility index (Phi) is 5.49. The summed E-state index contributed by atoms with van der Waals surface area (Å²) in [6, 6.07) is 7.83. The highest BCUT2D eigenvalue weighted by Crippen LogP contribution is 2.24. The number of hydrogen-bond donors (Lipinski definition) is 1. The lowest BCUT2D eigenvalue weighted by atomic mass is 10.2. The van der Waals surface area contributed by atoms with E-state index in [1.807, 2.05) is 24.3 Å². The van der Waals surface area contributed by atoms with Crippen LogP contribution >= 0.6 is 23.1 Å². The second-order valence-corrected chi connectivity index (χ2v) is 8.22. The number of amides is 1. The molecule has 148 valence electrons. The normalized spacial score (nSPS) is 11.1. The summed E-state index contributed by atoms with van der Waals surface area (Å²) in [5, 5.41) is 20.9. The van der Waals surface area contributed by atoms with Crippen LogP contribution in [-0.2, 0) is 12.3 Å². The molecule has 0 bridgehead atoms. The van der Waals surface area contributed by atoms with E-state index < -0.39 is 0 Å². The first-order chi connectivity index (χ1) is 14.0. The van der Waals surface area contributed by atoms with Crippen molar-refractivity contribution < 1.29 is 9.18 Å². The van der Waals surface area contributed by atoms with Crippen molar-refractivity contribution in [3.8, 4) is 0 Å². The molecule has 0 saturated heterocycles. The fourth-order valence-electron chi connectivity index (χ4n) is 2.69. The molecule has 3 aromatic heterocycles. The molecule has 4 rings (SSSR count). The number of fused-ring (bicyclic) bond motifs is 1. The van der Waals surface area contributed by atoms with E-state index in [0.29, 0.717) is 22.5 Å². The second kappa shape index (κ2) is 8.21. The van der Waals surface area contributed by atoms with Crippen LogP contribution in [0.4, 0.5) is 4.39 Å². The minimum atomic E-state index is -0.313. The third-order valence-corrected chi connectivity index (χ3v) is 6.06. The van der Waals surface area contributed by atoms with Crippen LogP contribution in [0.25, 0.3) is 5.65 Å². The molecule has 0 unspecified atom stereocenters. The van der Waals surface area contributed by atoms with Gasteiger partial charge in [-0.05, 0) is 31.5 Å². The minimum Gasteiger partial charge on any atom is -0.346 e. The Bertz CT molecular complexity index is 1170. The number of carbonyl (C=O) groups is 1. The Morgan fingerprint density at radius 3 is 2.76 bits per heavy atom. The number of carbonyl (C=O) groups excluding carboxylic acids is 1. The summed E-state index contributed by atoms with van der Waals surface area (Å²) in [7, 11) is 0. The molecule has 0 saturated carbocycles. The fourth-order valence-corrected chi connectivity index (χ4v) is 4.41. The van der Waals surface area contributed by atoms with Gasteiger partial charge in [0.15, 0.2) is 10.8 Å². The van der Waals surface area contributed by atoms with Gasteiger partial charge in [-0.1, -0.05) is 35.2 Å². The van der Waals surface area contributed by atoms with Crippen LogP contribution in [0.2, 0.25) is 0 Å². The largest absolute Gasteiger partial charge is 0.346 e. The zero-order valence-electron chi connectivity index (χ0n) is 15.6. The van der Waals surface area contributed by atoms with Crippen molar-refractivity contribution in [2.45, 2.75) is 31.3 Å². The smallest absolute Gasteiger partial charge is 0.282 e. The molecule has 0 spiro atoms. The van der Waals surface area contributed by atoms with Crippen molar-refractivity contribution >= 4 is 34.7 Å². The Morgan fingerprint density at radius 2 is 1.97 bits per heavy atom. The lowest BCUT2D eigenvalue weighted by molar-refractivity contribution is 0.0950. The first-order valence-corrected chi connectivity index (χ1v) is 10.5. The maximum Gasteiger partial charge on any atom is 0.282 e. The van der Waals surface area contributed by atoms with E-state index in [9.17, 15) is 9.18 Å². The van der Waals surface area contributed by atoms with Crippen LogP contribution in [0, 0.1) is 19.7 Å². The van der Waals surface area contributed by atoms with Crippen molar-refractivity contribution in [3.05, 3.63) is 63.2 Å². The summed E-state index contributed by atoms with van der Waals surface area (Å²) >= 11 is 2.68. The molecule has 0 aliphatic heterocycles. The Hall–Kier alpha value is -2.92. The summed E-state index contributed by atoms with van der Waals surface area (Å²) in [4.78, 5) is 16.7. The third-order valence-electron chi connectivity index (χ3n) is 4.01. The van der Waals surface area contributed by atoms with Crippen LogP contribution in [-0.4, -0.2) is 35.7 Å². The first-order valence-electron chi connectivity index (χ1n) is 8.67. The number of nitrogens with zero attached hydrogens (tertiary/aromatic N) is 6. The van der Waals surface area contributed by atoms with E-state index in [0.717, 1.165) is 22.7 Å². The molecule has 0 radical (unpaired) electrons. The first kappa shape index (κ1) is 19.4. The summed E-state index contributed by atoms with van der Waals surface area (Å²) < 4.78 is 14.8. The number of benzene rings is 1. The summed E-state index contributed by atoms with van der Waals surface area (Å²) in [6.07, 6.45) is 0. The maximum absolute atomic E-state index is 12.9. The Morgan fingerprint density at radius 1 is 1.17 bits per heavy atom. The van der Waals surface area contributed by atoms with Crippen molar-refractivity contribution in [3.63, 3.8) is 0 Å². The van der Waals surface area contributed by atoms with Crippen molar-refractivity contribution in [2.75, 3.05) is 0 Å². The van der Waals surface area contributed by atoms with Crippen LogP contribution in [0.5, 0.6) is 0 Å². The maximum atomic E-state index is 12.9. The number of hydrogen-bond acceptors (Lipinski definition) is 8. The van der Waals surface area contributed by atoms with Gasteiger partial charge in [0.05, 0.1) is 5.75 Å². The zero-order chi connectivity index (χ0) is 20.4. The molecule has 11 heteroatoms. The van der Waals surface area contributed by atoms with E-state index in [1.54, 1.807) is 12.1 Å². The summed E-state index contributed by atoms with van der Waals surface area (Å²) in [5.74, 6) is 0.696. The molecule has 0 aliphatic carbocycles. The van der Waals surface area contributed by atoms with Gasteiger partial charge in [0.25, 0.3) is 5.91 Å². The molecular formula is C18H16FN7OS2. The highest BCUT2D eigenvalue weighted by Gasteiger charge is 2.15. The van der Waals surface area contributed by atoms with Crippen LogP contribution in [0.3, 0.4) is 0 Å². The number of rotatable bonds is 6. The molecular weight excluding hydrogens is 413 g/mol. The topological polar surface area (TPSA) is 98.0 Å². The van der Waals surface area contributed by atoms with Gasteiger partial charge in [-0.25, -0.2) is 9.37 Å². The molecule has 8 nitrogen and oxygen atoms in total. The van der Waals surface area contributed by atoms with Gasteiger partial charge in [-0.3, -0.25) is 9.20 Å². The van der Waals surface area contributed by atoms with Gasteiger partial charge in [0.2, 0.25) is 5.01 Å². The molecule has 1 N–H and O–H groups in total. The number of thioether (sulfide) groups is 1. The number of aromatic nitrogens is 6. The zero-order valence-corrected chi connectivity index (χ0v) is 17.2. The van der Waals surface area contributed by atoms with E-state index in [4.69, 9.17) is 0 Å². The Balaban J connectivity index is 1.38. The van der Waals surface area contributed by atoms with E-state index in [2.05, 4.69) is 30.7 Å². The third kappa shape index (κ3) is 4.40. The standard InChI is InChI=1S/C18H16FN7OS2/c1-10-7-14-22-25-18(26(14)11(2)21-10)28-9-15-23-24-17(29-15)16(27)20-8-12-3-5-13(19)6-4-12/h3-7H,8-9H2,1-2H3,(H,20,27). The predicted molar refractivity (Wildman–Crippen MR) is 107 cm³/mol. The van der Waals surface area contributed by atoms with Gasteiger partial charge in [-0.2, -0.15) is 0 Å². The average Bonchev–Trinajstić information content (AvgIpc) is 3.32. The monoisotopic (exact) mass is 429 g/mol. The summed E-state index contributed by atoms with van der Waals surface area (Å²) in [5.41, 5.74) is 2.44. The molecule has 1 aromatic carbocycles. The molecule has 0 aliphatic rings. The molecule has 4 aromatic rings. The van der Waals surface area contributed by atoms with Crippen LogP contribution < -0.4 is 5.32 Å². The Labute approximate surface area is 173 Å². The van der Waals surface area contributed by atoms with Crippen molar-refractivity contribution in [1.29, 1.82) is 0 Å². The quantitative estimate of drug-likeness (QED) is 0.471. The SMILES string of the molecule is Cc1cc2nnc(SCc3nnc(C(=O)NCc4ccc(F)cc4)s3)n2c(C)n1. The van der Waals surface area contributed by atoms with Gasteiger partial charge in [0, 0.05) is 18.3 Å². The second-order valence-electron chi connectivity index (χ2n) is 6.22. The highest BCUT2D eigenvalue weighted by molar-refractivity contribution is 7.98. The average molecular weight is 430 g/mol. The van der Waals surface area contributed by atoms with Crippen molar-refractivity contribution in [2.24, 2.45) is 0 Å². The molecule has 1 amide bonds. The molecule has 29 heavy (non-hydrogen) atoms. The van der Waals surface area contributed by atoms with E-state index in [1.165, 1.54) is 35.2 Å². The fraction of sp³-hybridized carbons (Fsp3) is 0.222. The number of aryl methyl sites for hydroxylation is 2. The van der Waals surface area contributed by atoms with Gasteiger partial charge in [-0.15, -0.1) is 20.4 Å². The number of halogens is 1. The predicted octanol–water partition coefficient (Wildman–Crippen LogP) is 2.95.